The summed E-state index contributed by atoms with van der Waals surface area (Å²) in [7, 11) is 0. The predicted octanol–water partition coefficient (Wildman–Crippen LogP) is 4.56. The minimum Gasteiger partial charge on any atom is -0.374 e. The molecule has 0 bridgehead atoms. The van der Waals surface area contributed by atoms with Crippen LogP contribution in [0.2, 0.25) is 0 Å². The second kappa shape index (κ2) is 7.27. The van der Waals surface area contributed by atoms with Gasteiger partial charge in [-0.05, 0) is 51.4 Å². The highest BCUT2D eigenvalue weighted by Gasteiger charge is 2.33. The Morgan fingerprint density at radius 1 is 1.10 bits per heavy atom. The summed E-state index contributed by atoms with van der Waals surface area (Å²) < 4.78 is 43.7. The van der Waals surface area contributed by atoms with Crippen molar-refractivity contribution in [2.45, 2.75) is 51.9 Å². The van der Waals surface area contributed by atoms with Crippen molar-refractivity contribution in [2.24, 2.45) is 0 Å². The third kappa shape index (κ3) is 5.00. The lowest BCUT2D eigenvalue weighted by atomic mass is 9.90. The minimum atomic E-state index is -4.31. The number of rotatable bonds is 7. The van der Waals surface area contributed by atoms with Gasteiger partial charge < -0.3 is 10.1 Å². The maximum atomic E-state index is 12.6. The van der Waals surface area contributed by atoms with Crippen LogP contribution < -0.4 is 5.32 Å². The molecule has 1 atom stereocenters. The molecular formula is C16H24F3NO. The molecule has 0 fully saturated rings. The molecular weight excluding hydrogens is 279 g/mol. The van der Waals surface area contributed by atoms with E-state index < -0.39 is 17.3 Å². The maximum absolute atomic E-state index is 12.6. The highest BCUT2D eigenvalue weighted by molar-refractivity contribution is 5.28. The lowest BCUT2D eigenvalue weighted by molar-refractivity contribution is -0.137. The van der Waals surface area contributed by atoms with E-state index in [2.05, 4.69) is 5.32 Å². The molecule has 0 aliphatic heterocycles. The third-order valence-electron chi connectivity index (χ3n) is 3.38. The van der Waals surface area contributed by atoms with Crippen molar-refractivity contribution >= 4 is 0 Å². The number of halogens is 3. The lowest BCUT2D eigenvalue weighted by Gasteiger charge is -2.35. The van der Waals surface area contributed by atoms with E-state index in [1.165, 1.54) is 12.1 Å². The van der Waals surface area contributed by atoms with Gasteiger partial charge in [-0.2, -0.15) is 13.2 Å². The van der Waals surface area contributed by atoms with E-state index in [4.69, 9.17) is 4.74 Å². The van der Waals surface area contributed by atoms with Gasteiger partial charge in [0.1, 0.15) is 0 Å². The van der Waals surface area contributed by atoms with Gasteiger partial charge in [-0.3, -0.25) is 0 Å². The van der Waals surface area contributed by atoms with Crippen molar-refractivity contribution in [3.63, 3.8) is 0 Å². The molecule has 0 spiro atoms. The number of hydrogen-bond donors (Lipinski definition) is 1. The van der Waals surface area contributed by atoms with Crippen LogP contribution in [-0.4, -0.2) is 18.8 Å². The minimum absolute atomic E-state index is 0.153. The Hall–Kier alpha value is -1.07. The van der Waals surface area contributed by atoms with E-state index in [0.717, 1.165) is 30.7 Å². The summed E-state index contributed by atoms with van der Waals surface area (Å²) in [5, 5.41) is 3.36. The standard InChI is InChI=1S/C16H24F3NO/c1-5-11-20-14(15(3,4)21-6-2)12-7-9-13(10-8-12)16(17,18)19/h7-10,14,20H,5-6,11H2,1-4H3. The Bertz CT molecular complexity index is 426. The quantitative estimate of drug-likeness (QED) is 0.797. The molecule has 0 aliphatic carbocycles. The molecule has 1 aromatic rings. The van der Waals surface area contributed by atoms with Gasteiger partial charge in [0, 0.05) is 6.61 Å². The van der Waals surface area contributed by atoms with E-state index in [1.807, 2.05) is 27.7 Å². The molecule has 1 aromatic carbocycles. The molecule has 0 amide bonds. The zero-order chi connectivity index (χ0) is 16.1. The van der Waals surface area contributed by atoms with Crippen molar-refractivity contribution in [3.05, 3.63) is 35.4 Å². The van der Waals surface area contributed by atoms with Gasteiger partial charge in [0.2, 0.25) is 0 Å². The third-order valence-corrected chi connectivity index (χ3v) is 3.38. The fourth-order valence-electron chi connectivity index (χ4n) is 2.37. The van der Waals surface area contributed by atoms with Gasteiger partial charge in [-0.15, -0.1) is 0 Å². The van der Waals surface area contributed by atoms with Crippen LogP contribution >= 0.6 is 0 Å². The van der Waals surface area contributed by atoms with Crippen molar-refractivity contribution in [3.8, 4) is 0 Å². The first kappa shape index (κ1) is 18.0. The molecule has 120 valence electrons. The largest absolute Gasteiger partial charge is 0.416 e. The Morgan fingerprint density at radius 3 is 2.10 bits per heavy atom. The average molecular weight is 303 g/mol. The summed E-state index contributed by atoms with van der Waals surface area (Å²) in [6, 6.07) is 5.14. The Labute approximate surface area is 124 Å². The molecule has 21 heavy (non-hydrogen) atoms. The Balaban J connectivity index is 3.03. The van der Waals surface area contributed by atoms with Crippen LogP contribution in [0.3, 0.4) is 0 Å². The molecule has 2 nitrogen and oxygen atoms in total. The van der Waals surface area contributed by atoms with E-state index in [-0.39, 0.29) is 6.04 Å². The fourth-order valence-corrected chi connectivity index (χ4v) is 2.37. The number of ether oxygens (including phenoxy) is 1. The van der Waals surface area contributed by atoms with Crippen molar-refractivity contribution in [1.29, 1.82) is 0 Å². The van der Waals surface area contributed by atoms with Gasteiger partial charge in [0.25, 0.3) is 0 Å². The molecule has 0 aromatic heterocycles. The molecule has 1 N–H and O–H groups in total. The van der Waals surface area contributed by atoms with Crippen LogP contribution in [0.25, 0.3) is 0 Å². The van der Waals surface area contributed by atoms with E-state index in [1.54, 1.807) is 0 Å². The van der Waals surface area contributed by atoms with E-state index >= 15 is 0 Å². The molecule has 5 heteroatoms. The normalized spacial score (nSPS) is 14.2. The first-order chi connectivity index (χ1) is 9.72. The molecule has 0 aliphatic rings. The summed E-state index contributed by atoms with van der Waals surface area (Å²) in [6.45, 7) is 9.18. The predicted molar refractivity (Wildman–Crippen MR) is 78.2 cm³/mol. The second-order valence-corrected chi connectivity index (χ2v) is 5.54. The van der Waals surface area contributed by atoms with Crippen LogP contribution in [0.1, 0.15) is 51.3 Å². The summed E-state index contributed by atoms with van der Waals surface area (Å²) in [6.07, 6.45) is -3.36. The smallest absolute Gasteiger partial charge is 0.374 e. The van der Waals surface area contributed by atoms with Crippen LogP contribution in [0.5, 0.6) is 0 Å². The van der Waals surface area contributed by atoms with Crippen LogP contribution in [0.4, 0.5) is 13.2 Å². The maximum Gasteiger partial charge on any atom is 0.416 e. The van der Waals surface area contributed by atoms with Gasteiger partial charge in [0.15, 0.2) is 0 Å². The van der Waals surface area contributed by atoms with Gasteiger partial charge in [-0.25, -0.2) is 0 Å². The molecule has 0 saturated carbocycles. The summed E-state index contributed by atoms with van der Waals surface area (Å²) in [5.74, 6) is 0. The fraction of sp³-hybridized carbons (Fsp3) is 0.625. The van der Waals surface area contributed by atoms with Crippen LogP contribution in [0, 0.1) is 0 Å². The van der Waals surface area contributed by atoms with Crippen molar-refractivity contribution in [1.82, 2.24) is 5.32 Å². The monoisotopic (exact) mass is 303 g/mol. The van der Waals surface area contributed by atoms with E-state index in [9.17, 15) is 13.2 Å². The summed E-state index contributed by atoms with van der Waals surface area (Å²) in [4.78, 5) is 0. The number of hydrogen-bond acceptors (Lipinski definition) is 2. The van der Waals surface area contributed by atoms with Crippen molar-refractivity contribution in [2.75, 3.05) is 13.2 Å². The van der Waals surface area contributed by atoms with E-state index in [0.29, 0.717) is 6.61 Å². The van der Waals surface area contributed by atoms with Gasteiger partial charge in [-0.1, -0.05) is 19.1 Å². The molecule has 0 heterocycles. The van der Waals surface area contributed by atoms with Crippen molar-refractivity contribution < 1.29 is 17.9 Å². The second-order valence-electron chi connectivity index (χ2n) is 5.54. The summed E-state index contributed by atoms with van der Waals surface area (Å²) >= 11 is 0. The first-order valence-corrected chi connectivity index (χ1v) is 7.26. The first-order valence-electron chi connectivity index (χ1n) is 7.26. The zero-order valence-corrected chi connectivity index (χ0v) is 13.1. The summed E-state index contributed by atoms with van der Waals surface area (Å²) in [5.41, 5.74) is -0.325. The van der Waals surface area contributed by atoms with Crippen LogP contribution in [0.15, 0.2) is 24.3 Å². The van der Waals surface area contributed by atoms with Crippen LogP contribution in [-0.2, 0) is 10.9 Å². The Kier molecular flexibility index (Phi) is 6.23. The molecule has 0 radical (unpaired) electrons. The zero-order valence-electron chi connectivity index (χ0n) is 13.1. The number of benzene rings is 1. The Morgan fingerprint density at radius 2 is 1.67 bits per heavy atom. The average Bonchev–Trinajstić information content (AvgIpc) is 2.38. The molecule has 1 rings (SSSR count). The topological polar surface area (TPSA) is 21.3 Å². The highest BCUT2D eigenvalue weighted by atomic mass is 19.4. The molecule has 1 unspecified atom stereocenters. The van der Waals surface area contributed by atoms with Gasteiger partial charge >= 0.3 is 6.18 Å². The lowest BCUT2D eigenvalue weighted by Crippen LogP contribution is -2.42. The number of alkyl halides is 3. The SMILES string of the molecule is CCCNC(c1ccc(C(F)(F)F)cc1)C(C)(C)OCC. The van der Waals surface area contributed by atoms with Gasteiger partial charge in [0.05, 0.1) is 17.2 Å². The molecule has 0 saturated heterocycles. The highest BCUT2D eigenvalue weighted by Crippen LogP contribution is 2.33. The number of nitrogens with one attached hydrogen (secondary N) is 1.